The maximum Gasteiger partial charge on any atom is 0.240 e. The molecule has 5 heteroatoms. The van der Waals surface area contributed by atoms with Crippen molar-refractivity contribution in [3.8, 4) is 0 Å². The minimum Gasteiger partial charge on any atom is -0.352 e. The monoisotopic (exact) mass is 213 g/mol. The molecule has 0 aromatic carbocycles. The van der Waals surface area contributed by atoms with Gasteiger partial charge in [-0.25, -0.2) is 0 Å². The molecule has 0 spiro atoms. The fourth-order valence-corrected chi connectivity index (χ4v) is 1.03. The standard InChI is InChI=1S/C10H19N3O2/c1-3-10(2,11)9(15)12-6-8(14)13-7-4-5-7/h7H,3-6,11H2,1-2H3,(H,12,15)(H,13,14). The summed E-state index contributed by atoms with van der Waals surface area (Å²) in [5.74, 6) is -0.422. The van der Waals surface area contributed by atoms with Gasteiger partial charge in [-0.15, -0.1) is 0 Å². The molecule has 1 fully saturated rings. The van der Waals surface area contributed by atoms with Gasteiger partial charge in [-0.2, -0.15) is 0 Å². The second-order valence-electron chi connectivity index (χ2n) is 4.30. The third-order valence-electron chi connectivity index (χ3n) is 2.61. The van der Waals surface area contributed by atoms with Gasteiger partial charge in [0.25, 0.3) is 0 Å². The second-order valence-corrected chi connectivity index (χ2v) is 4.30. The Labute approximate surface area is 89.8 Å². The van der Waals surface area contributed by atoms with Gasteiger partial charge < -0.3 is 16.4 Å². The Kier molecular flexibility index (Phi) is 3.68. The highest BCUT2D eigenvalue weighted by molar-refractivity contribution is 5.89. The lowest BCUT2D eigenvalue weighted by molar-refractivity contribution is -0.129. The molecular formula is C10H19N3O2. The Morgan fingerprint density at radius 1 is 1.47 bits per heavy atom. The Bertz CT molecular complexity index is 259. The van der Waals surface area contributed by atoms with Crippen LogP contribution >= 0.6 is 0 Å². The first-order valence-corrected chi connectivity index (χ1v) is 5.32. The van der Waals surface area contributed by atoms with E-state index in [1.807, 2.05) is 6.92 Å². The van der Waals surface area contributed by atoms with Crippen molar-refractivity contribution in [3.63, 3.8) is 0 Å². The van der Waals surface area contributed by atoms with Crippen molar-refractivity contribution in [1.29, 1.82) is 0 Å². The van der Waals surface area contributed by atoms with Gasteiger partial charge in [0, 0.05) is 6.04 Å². The van der Waals surface area contributed by atoms with E-state index in [9.17, 15) is 9.59 Å². The Balaban J connectivity index is 2.23. The summed E-state index contributed by atoms with van der Waals surface area (Å²) in [4.78, 5) is 22.7. The van der Waals surface area contributed by atoms with E-state index in [0.29, 0.717) is 12.5 Å². The largest absolute Gasteiger partial charge is 0.352 e. The third-order valence-corrected chi connectivity index (χ3v) is 2.61. The molecule has 1 aliphatic carbocycles. The smallest absolute Gasteiger partial charge is 0.240 e. The van der Waals surface area contributed by atoms with Crippen LogP contribution in [0.1, 0.15) is 33.1 Å². The van der Waals surface area contributed by atoms with Gasteiger partial charge in [0.2, 0.25) is 11.8 Å². The molecule has 0 bridgehead atoms. The molecule has 5 nitrogen and oxygen atoms in total. The van der Waals surface area contributed by atoms with Crippen LogP contribution in [-0.2, 0) is 9.59 Å². The lowest BCUT2D eigenvalue weighted by atomic mass is 10.00. The predicted octanol–water partition coefficient (Wildman–Crippen LogP) is -0.491. The molecule has 1 unspecified atom stereocenters. The summed E-state index contributed by atoms with van der Waals surface area (Å²) in [6.07, 6.45) is 2.63. The van der Waals surface area contributed by atoms with Crippen molar-refractivity contribution >= 4 is 11.8 Å². The maximum absolute atomic E-state index is 11.5. The molecule has 1 saturated carbocycles. The molecule has 4 N–H and O–H groups in total. The van der Waals surface area contributed by atoms with Crippen molar-refractivity contribution < 1.29 is 9.59 Å². The molecule has 0 aliphatic heterocycles. The molecule has 0 aromatic heterocycles. The highest BCUT2D eigenvalue weighted by Crippen LogP contribution is 2.18. The summed E-state index contributed by atoms with van der Waals surface area (Å²) < 4.78 is 0. The first-order valence-electron chi connectivity index (χ1n) is 5.32. The average Bonchev–Trinajstić information content (AvgIpc) is 2.97. The molecule has 15 heavy (non-hydrogen) atoms. The van der Waals surface area contributed by atoms with Gasteiger partial charge in [-0.1, -0.05) is 6.92 Å². The molecule has 0 heterocycles. The van der Waals surface area contributed by atoms with E-state index in [2.05, 4.69) is 10.6 Å². The first-order chi connectivity index (χ1) is 6.95. The number of nitrogens with two attached hydrogens (primary N) is 1. The number of rotatable bonds is 5. The molecule has 86 valence electrons. The van der Waals surface area contributed by atoms with Crippen molar-refractivity contribution in [2.24, 2.45) is 5.73 Å². The minimum absolute atomic E-state index is 0.0160. The zero-order valence-corrected chi connectivity index (χ0v) is 9.30. The molecule has 1 aliphatic rings. The molecular weight excluding hydrogens is 194 g/mol. The Hall–Kier alpha value is -1.10. The predicted molar refractivity (Wildman–Crippen MR) is 57.1 cm³/mol. The van der Waals surface area contributed by atoms with Crippen LogP contribution in [0.4, 0.5) is 0 Å². The molecule has 0 aromatic rings. The summed E-state index contributed by atoms with van der Waals surface area (Å²) in [6, 6.07) is 0.324. The zero-order chi connectivity index (χ0) is 11.5. The summed E-state index contributed by atoms with van der Waals surface area (Å²) in [7, 11) is 0. The highest BCUT2D eigenvalue weighted by atomic mass is 16.2. The molecule has 1 rings (SSSR count). The van der Waals surface area contributed by atoms with Gasteiger partial charge in [0.05, 0.1) is 12.1 Å². The van der Waals surface area contributed by atoms with Crippen molar-refractivity contribution in [2.45, 2.75) is 44.7 Å². The van der Waals surface area contributed by atoms with E-state index in [0.717, 1.165) is 12.8 Å². The Morgan fingerprint density at radius 3 is 2.53 bits per heavy atom. The summed E-state index contributed by atoms with van der Waals surface area (Å²) >= 11 is 0. The van der Waals surface area contributed by atoms with Crippen LogP contribution in [0, 0.1) is 0 Å². The van der Waals surface area contributed by atoms with Crippen LogP contribution < -0.4 is 16.4 Å². The normalized spacial score (nSPS) is 19.1. The average molecular weight is 213 g/mol. The lowest BCUT2D eigenvalue weighted by Crippen LogP contribution is -2.53. The van der Waals surface area contributed by atoms with Crippen LogP contribution in [0.2, 0.25) is 0 Å². The van der Waals surface area contributed by atoms with Crippen LogP contribution in [0.5, 0.6) is 0 Å². The number of nitrogens with one attached hydrogen (secondary N) is 2. The van der Waals surface area contributed by atoms with E-state index < -0.39 is 5.54 Å². The maximum atomic E-state index is 11.5. The zero-order valence-electron chi connectivity index (χ0n) is 9.30. The molecule has 1 atom stereocenters. The third kappa shape index (κ3) is 3.87. The molecule has 2 amide bonds. The quantitative estimate of drug-likeness (QED) is 0.576. The van der Waals surface area contributed by atoms with E-state index in [1.165, 1.54) is 0 Å². The topological polar surface area (TPSA) is 84.2 Å². The lowest BCUT2D eigenvalue weighted by Gasteiger charge is -2.21. The van der Waals surface area contributed by atoms with Crippen LogP contribution in [-0.4, -0.2) is 29.9 Å². The minimum atomic E-state index is -0.889. The van der Waals surface area contributed by atoms with Crippen molar-refractivity contribution in [2.75, 3.05) is 6.54 Å². The Morgan fingerprint density at radius 2 is 2.07 bits per heavy atom. The molecule has 0 radical (unpaired) electrons. The highest BCUT2D eigenvalue weighted by Gasteiger charge is 2.27. The van der Waals surface area contributed by atoms with Crippen molar-refractivity contribution in [3.05, 3.63) is 0 Å². The van der Waals surface area contributed by atoms with Gasteiger partial charge in [0.15, 0.2) is 0 Å². The van der Waals surface area contributed by atoms with E-state index >= 15 is 0 Å². The first kappa shape index (κ1) is 12.0. The van der Waals surface area contributed by atoms with Gasteiger partial charge in [-0.05, 0) is 26.2 Å². The van der Waals surface area contributed by atoms with Crippen LogP contribution in [0.15, 0.2) is 0 Å². The number of hydrogen-bond donors (Lipinski definition) is 3. The van der Waals surface area contributed by atoms with Gasteiger partial charge in [0.1, 0.15) is 0 Å². The summed E-state index contributed by atoms with van der Waals surface area (Å²) in [6.45, 7) is 3.51. The van der Waals surface area contributed by atoms with Crippen LogP contribution in [0.3, 0.4) is 0 Å². The van der Waals surface area contributed by atoms with Crippen molar-refractivity contribution in [1.82, 2.24) is 10.6 Å². The van der Waals surface area contributed by atoms with E-state index in [4.69, 9.17) is 5.73 Å². The summed E-state index contributed by atoms with van der Waals surface area (Å²) in [5.41, 5.74) is 4.83. The fourth-order valence-electron chi connectivity index (χ4n) is 1.03. The fraction of sp³-hybridized carbons (Fsp3) is 0.800. The van der Waals surface area contributed by atoms with Crippen LogP contribution in [0.25, 0.3) is 0 Å². The molecule has 0 saturated heterocycles. The number of amides is 2. The SMILES string of the molecule is CCC(C)(N)C(=O)NCC(=O)NC1CC1. The second kappa shape index (κ2) is 4.61. The number of carbonyl (C=O) groups excluding carboxylic acids is 2. The van der Waals surface area contributed by atoms with E-state index in [-0.39, 0.29) is 18.4 Å². The number of hydrogen-bond acceptors (Lipinski definition) is 3. The number of carbonyl (C=O) groups is 2. The van der Waals surface area contributed by atoms with E-state index in [1.54, 1.807) is 6.92 Å². The van der Waals surface area contributed by atoms with Gasteiger partial charge in [-0.3, -0.25) is 9.59 Å². The summed E-state index contributed by atoms with van der Waals surface area (Å²) in [5, 5.41) is 5.31. The van der Waals surface area contributed by atoms with Gasteiger partial charge >= 0.3 is 0 Å².